The Balaban J connectivity index is 2.27. The van der Waals surface area contributed by atoms with Gasteiger partial charge in [-0.2, -0.15) is 5.26 Å². The minimum absolute atomic E-state index is 0.123. The van der Waals surface area contributed by atoms with Crippen LogP contribution in [-0.2, 0) is 0 Å². The molecule has 0 amide bonds. The summed E-state index contributed by atoms with van der Waals surface area (Å²) in [7, 11) is 0. The summed E-state index contributed by atoms with van der Waals surface area (Å²) in [5.74, 6) is 0.0411. The fourth-order valence-corrected chi connectivity index (χ4v) is 1.64. The second kappa shape index (κ2) is 5.51. The molecular weight excluding hydrogens is 245 g/mol. The molecule has 3 nitrogen and oxygen atoms in total. The molecule has 0 bridgehead atoms. The molecule has 2 rings (SSSR count). The fourth-order valence-electron chi connectivity index (χ4n) is 1.64. The molecular formula is C15H12FNO2. The van der Waals surface area contributed by atoms with Crippen molar-refractivity contribution in [2.24, 2.45) is 0 Å². The molecule has 0 aliphatic carbocycles. The smallest absolute Gasteiger partial charge is 0.148 e. The lowest BCUT2D eigenvalue weighted by atomic mass is 10.1. The van der Waals surface area contributed by atoms with E-state index in [0.29, 0.717) is 5.75 Å². The summed E-state index contributed by atoms with van der Waals surface area (Å²) in [6.45, 7) is 1.66. The summed E-state index contributed by atoms with van der Waals surface area (Å²) < 4.78 is 18.9. The predicted octanol–water partition coefficient (Wildman–Crippen LogP) is 3.54. The van der Waals surface area contributed by atoms with Crippen LogP contribution < -0.4 is 4.74 Å². The highest BCUT2D eigenvalue weighted by molar-refractivity contribution is 5.46. The number of halogens is 1. The first-order chi connectivity index (χ1) is 9.11. The molecule has 2 aromatic carbocycles. The minimum atomic E-state index is -0.611. The maximum atomic E-state index is 13.4. The Labute approximate surface area is 110 Å². The number of nitrogens with zero attached hydrogens (tertiary/aromatic N) is 1. The number of ether oxygens (including phenoxy) is 1. The highest BCUT2D eigenvalue weighted by atomic mass is 19.1. The van der Waals surface area contributed by atoms with E-state index in [1.165, 1.54) is 18.2 Å². The van der Waals surface area contributed by atoms with E-state index in [-0.39, 0.29) is 11.3 Å². The Bertz CT molecular complexity index is 615. The SMILES string of the molecule is C[C@H](O)c1ccc(Oc2cccc(F)c2C#N)cc1. The monoisotopic (exact) mass is 257 g/mol. The molecule has 0 unspecified atom stereocenters. The van der Waals surface area contributed by atoms with Crippen LogP contribution in [0, 0.1) is 17.1 Å². The van der Waals surface area contributed by atoms with Gasteiger partial charge in [0.05, 0.1) is 6.10 Å². The van der Waals surface area contributed by atoms with E-state index in [0.717, 1.165) is 5.56 Å². The largest absolute Gasteiger partial charge is 0.456 e. The van der Waals surface area contributed by atoms with Gasteiger partial charge in [-0.25, -0.2) is 4.39 Å². The van der Waals surface area contributed by atoms with E-state index in [1.54, 1.807) is 37.3 Å². The van der Waals surface area contributed by atoms with Crippen LogP contribution in [0.2, 0.25) is 0 Å². The van der Waals surface area contributed by atoms with Crippen LogP contribution >= 0.6 is 0 Å². The van der Waals surface area contributed by atoms with Gasteiger partial charge in [-0.15, -0.1) is 0 Å². The lowest BCUT2D eigenvalue weighted by Crippen LogP contribution is -1.93. The van der Waals surface area contributed by atoms with Gasteiger partial charge < -0.3 is 9.84 Å². The van der Waals surface area contributed by atoms with Crippen LogP contribution in [0.5, 0.6) is 11.5 Å². The molecule has 0 fully saturated rings. The lowest BCUT2D eigenvalue weighted by molar-refractivity contribution is 0.199. The highest BCUT2D eigenvalue weighted by Gasteiger charge is 2.10. The lowest BCUT2D eigenvalue weighted by Gasteiger charge is -2.09. The Morgan fingerprint density at radius 3 is 2.47 bits per heavy atom. The van der Waals surface area contributed by atoms with Gasteiger partial charge in [-0.05, 0) is 36.8 Å². The Morgan fingerprint density at radius 2 is 1.89 bits per heavy atom. The van der Waals surface area contributed by atoms with Crippen LogP contribution in [-0.4, -0.2) is 5.11 Å². The molecule has 0 saturated carbocycles. The zero-order valence-corrected chi connectivity index (χ0v) is 10.3. The molecule has 0 radical (unpaired) electrons. The van der Waals surface area contributed by atoms with Crippen molar-refractivity contribution >= 4 is 0 Å². The third kappa shape index (κ3) is 2.90. The number of benzene rings is 2. The average Bonchev–Trinajstić information content (AvgIpc) is 2.39. The standard InChI is InChI=1S/C15H12FNO2/c1-10(18)11-5-7-12(8-6-11)19-15-4-2-3-14(16)13(15)9-17/h2-8,10,18H,1H3/t10-/m0/s1. The molecule has 1 atom stereocenters. The Morgan fingerprint density at radius 1 is 1.21 bits per heavy atom. The van der Waals surface area contributed by atoms with Gasteiger partial charge in [0.2, 0.25) is 0 Å². The summed E-state index contributed by atoms with van der Waals surface area (Å²) >= 11 is 0. The number of nitriles is 1. The van der Waals surface area contributed by atoms with E-state index in [1.807, 2.05) is 0 Å². The van der Waals surface area contributed by atoms with Crippen LogP contribution in [0.25, 0.3) is 0 Å². The summed E-state index contributed by atoms with van der Waals surface area (Å²) in [5, 5.41) is 18.3. The van der Waals surface area contributed by atoms with Gasteiger partial charge >= 0.3 is 0 Å². The third-order valence-corrected chi connectivity index (χ3v) is 2.68. The predicted molar refractivity (Wildman–Crippen MR) is 68.3 cm³/mol. The molecule has 0 heterocycles. The van der Waals surface area contributed by atoms with E-state index < -0.39 is 11.9 Å². The molecule has 96 valence electrons. The number of hydrogen-bond donors (Lipinski definition) is 1. The summed E-state index contributed by atoms with van der Waals surface area (Å²) in [4.78, 5) is 0. The summed E-state index contributed by atoms with van der Waals surface area (Å²) in [5.41, 5.74) is 0.634. The molecule has 0 aliphatic rings. The van der Waals surface area contributed by atoms with Crippen molar-refractivity contribution in [3.05, 3.63) is 59.4 Å². The van der Waals surface area contributed by atoms with Gasteiger partial charge in [0.1, 0.15) is 28.9 Å². The van der Waals surface area contributed by atoms with Crippen molar-refractivity contribution in [1.82, 2.24) is 0 Å². The van der Waals surface area contributed by atoms with E-state index in [2.05, 4.69) is 0 Å². The first kappa shape index (κ1) is 13.1. The van der Waals surface area contributed by atoms with E-state index in [9.17, 15) is 9.50 Å². The Hall–Kier alpha value is -2.38. The molecule has 0 spiro atoms. The zero-order valence-electron chi connectivity index (χ0n) is 10.3. The van der Waals surface area contributed by atoms with Crippen LogP contribution in [0.15, 0.2) is 42.5 Å². The Kier molecular flexibility index (Phi) is 3.79. The van der Waals surface area contributed by atoms with Crippen LogP contribution in [0.3, 0.4) is 0 Å². The molecule has 19 heavy (non-hydrogen) atoms. The first-order valence-electron chi connectivity index (χ1n) is 5.76. The highest BCUT2D eigenvalue weighted by Crippen LogP contribution is 2.27. The van der Waals surface area contributed by atoms with Gasteiger partial charge in [-0.3, -0.25) is 0 Å². The second-order valence-corrected chi connectivity index (χ2v) is 4.07. The zero-order chi connectivity index (χ0) is 13.8. The third-order valence-electron chi connectivity index (χ3n) is 2.68. The van der Waals surface area contributed by atoms with Gasteiger partial charge in [0.15, 0.2) is 0 Å². The number of aliphatic hydroxyl groups excluding tert-OH is 1. The van der Waals surface area contributed by atoms with Gasteiger partial charge in [0, 0.05) is 0 Å². The second-order valence-electron chi connectivity index (χ2n) is 4.07. The van der Waals surface area contributed by atoms with E-state index in [4.69, 9.17) is 10.00 Å². The quantitative estimate of drug-likeness (QED) is 0.914. The maximum Gasteiger partial charge on any atom is 0.148 e. The molecule has 4 heteroatoms. The number of rotatable bonds is 3. The fraction of sp³-hybridized carbons (Fsp3) is 0.133. The molecule has 2 aromatic rings. The minimum Gasteiger partial charge on any atom is -0.456 e. The van der Waals surface area contributed by atoms with Crippen molar-refractivity contribution in [3.8, 4) is 17.6 Å². The van der Waals surface area contributed by atoms with Crippen molar-refractivity contribution in [2.75, 3.05) is 0 Å². The van der Waals surface area contributed by atoms with Crippen molar-refractivity contribution < 1.29 is 14.2 Å². The van der Waals surface area contributed by atoms with Crippen molar-refractivity contribution in [2.45, 2.75) is 13.0 Å². The number of aliphatic hydroxyl groups is 1. The molecule has 1 N–H and O–H groups in total. The van der Waals surface area contributed by atoms with Gasteiger partial charge in [0.25, 0.3) is 0 Å². The van der Waals surface area contributed by atoms with Crippen LogP contribution in [0.1, 0.15) is 24.2 Å². The summed E-state index contributed by atoms with van der Waals surface area (Å²) in [6, 6.07) is 12.7. The molecule has 0 aliphatic heterocycles. The maximum absolute atomic E-state index is 13.4. The first-order valence-corrected chi connectivity index (χ1v) is 5.76. The van der Waals surface area contributed by atoms with Gasteiger partial charge in [-0.1, -0.05) is 18.2 Å². The number of hydrogen-bond acceptors (Lipinski definition) is 3. The summed E-state index contributed by atoms with van der Waals surface area (Å²) in [6.07, 6.45) is -0.558. The van der Waals surface area contributed by atoms with Crippen molar-refractivity contribution in [3.63, 3.8) is 0 Å². The van der Waals surface area contributed by atoms with Crippen molar-refractivity contribution in [1.29, 1.82) is 5.26 Å². The molecule has 0 aromatic heterocycles. The topological polar surface area (TPSA) is 53.2 Å². The molecule has 0 saturated heterocycles. The average molecular weight is 257 g/mol. The normalized spacial score (nSPS) is 11.7. The van der Waals surface area contributed by atoms with E-state index >= 15 is 0 Å². The van der Waals surface area contributed by atoms with Crippen LogP contribution in [0.4, 0.5) is 4.39 Å².